The Bertz CT molecular complexity index is 1910. The van der Waals surface area contributed by atoms with Gasteiger partial charge in [-0.1, -0.05) is 45.5 Å². The summed E-state index contributed by atoms with van der Waals surface area (Å²) in [5, 5.41) is 1.10. The molecule has 0 amide bonds. The number of benzene rings is 2. The highest BCUT2D eigenvalue weighted by Gasteiger charge is 2.35. The Balaban J connectivity index is 1.83. The van der Waals surface area contributed by atoms with E-state index in [0.29, 0.717) is 31.9 Å². The Morgan fingerprint density at radius 2 is 1.85 bits per heavy atom. The highest BCUT2D eigenvalue weighted by atomic mass is 79.9. The molecule has 0 N–H and O–H groups in total. The van der Waals surface area contributed by atoms with E-state index in [-0.39, 0.29) is 17.7 Å². The van der Waals surface area contributed by atoms with Gasteiger partial charge >= 0.3 is 5.97 Å². The fraction of sp³-hybridized carbons (Fsp3) is 0.344. The molecule has 0 saturated carbocycles. The quantitative estimate of drug-likeness (QED) is 0.240. The molecule has 2 aromatic carbocycles. The van der Waals surface area contributed by atoms with E-state index >= 15 is 0 Å². The Morgan fingerprint density at radius 3 is 2.51 bits per heavy atom. The monoisotopic (exact) mass is 635 g/mol. The standard InChI is InChI=1S/C32H34BrN3O4S/c1-16(2)35-20(7)23(22-11-9-10-18(5)28(22)35)15-26-30(37)36-29(24-14-21(33)12-13-25(24)40-17(3)4)27(31(38)39-8)19(6)34-32(36)41-26/h9-17,29H,1-8H3/b26-15-/t29-/m0/s1. The SMILES string of the molecule is COC(=O)C1=C(C)N=c2s/c(=C\c3c(C)n(C(C)C)c4c(C)cccc34)c(=O)n2[C@H]1c1cc(Br)ccc1OC(C)C. The van der Waals surface area contributed by atoms with Gasteiger partial charge in [-0.3, -0.25) is 9.36 Å². The van der Waals surface area contributed by atoms with E-state index in [4.69, 9.17) is 14.5 Å². The van der Waals surface area contributed by atoms with Crippen molar-refractivity contribution in [3.8, 4) is 5.75 Å². The van der Waals surface area contributed by atoms with E-state index < -0.39 is 12.0 Å². The van der Waals surface area contributed by atoms with Crippen molar-refractivity contribution in [1.82, 2.24) is 9.13 Å². The first-order valence-corrected chi connectivity index (χ1v) is 15.2. The van der Waals surface area contributed by atoms with E-state index in [1.54, 1.807) is 11.5 Å². The zero-order valence-electron chi connectivity index (χ0n) is 24.5. The van der Waals surface area contributed by atoms with Crippen molar-refractivity contribution in [2.24, 2.45) is 4.99 Å². The van der Waals surface area contributed by atoms with Gasteiger partial charge in [0.25, 0.3) is 5.56 Å². The molecule has 214 valence electrons. The predicted octanol–water partition coefficient (Wildman–Crippen LogP) is 6.11. The van der Waals surface area contributed by atoms with Gasteiger partial charge < -0.3 is 14.0 Å². The zero-order chi connectivity index (χ0) is 29.7. The van der Waals surface area contributed by atoms with Crippen molar-refractivity contribution in [2.45, 2.75) is 66.7 Å². The number of fused-ring (bicyclic) bond motifs is 2. The Labute approximate surface area is 251 Å². The molecule has 5 rings (SSSR count). The third-order valence-corrected chi connectivity index (χ3v) is 8.84. The molecule has 0 unspecified atom stereocenters. The number of esters is 1. The van der Waals surface area contributed by atoms with Gasteiger partial charge in [0.05, 0.1) is 34.5 Å². The summed E-state index contributed by atoms with van der Waals surface area (Å²) < 4.78 is 16.6. The van der Waals surface area contributed by atoms with Gasteiger partial charge in [0, 0.05) is 32.7 Å². The molecule has 9 heteroatoms. The van der Waals surface area contributed by atoms with Crippen molar-refractivity contribution in [3.05, 3.63) is 94.2 Å². The molecule has 0 bridgehead atoms. The lowest BCUT2D eigenvalue weighted by atomic mass is 9.95. The van der Waals surface area contributed by atoms with Crippen LogP contribution in [0.3, 0.4) is 0 Å². The van der Waals surface area contributed by atoms with Gasteiger partial charge in [-0.15, -0.1) is 0 Å². The molecular weight excluding hydrogens is 602 g/mol. The van der Waals surface area contributed by atoms with Gasteiger partial charge in [-0.2, -0.15) is 0 Å². The molecule has 0 radical (unpaired) electrons. The fourth-order valence-electron chi connectivity index (χ4n) is 5.73. The maximum absolute atomic E-state index is 14.3. The summed E-state index contributed by atoms with van der Waals surface area (Å²) in [6, 6.07) is 11.4. The highest BCUT2D eigenvalue weighted by molar-refractivity contribution is 9.10. The average molecular weight is 637 g/mol. The van der Waals surface area contributed by atoms with Crippen LogP contribution < -0.4 is 19.6 Å². The summed E-state index contributed by atoms with van der Waals surface area (Å²) in [7, 11) is 1.34. The number of hydrogen-bond donors (Lipinski definition) is 0. The smallest absolute Gasteiger partial charge is 0.338 e. The van der Waals surface area contributed by atoms with Crippen LogP contribution in [0.15, 0.2) is 61.9 Å². The summed E-state index contributed by atoms with van der Waals surface area (Å²) in [5.74, 6) is 0.0533. The third kappa shape index (κ3) is 4.99. The molecule has 2 aromatic heterocycles. The van der Waals surface area contributed by atoms with Crippen LogP contribution in [0.1, 0.15) is 69.1 Å². The first kappa shape index (κ1) is 29.1. The second-order valence-corrected chi connectivity index (χ2v) is 12.8. The minimum atomic E-state index is -0.771. The molecule has 7 nitrogen and oxygen atoms in total. The maximum Gasteiger partial charge on any atom is 0.338 e. The van der Waals surface area contributed by atoms with Gasteiger partial charge in [0.15, 0.2) is 4.80 Å². The molecule has 4 aromatic rings. The van der Waals surface area contributed by atoms with Gasteiger partial charge in [-0.05, 0) is 78.3 Å². The van der Waals surface area contributed by atoms with E-state index in [1.165, 1.54) is 29.5 Å². The summed E-state index contributed by atoms with van der Waals surface area (Å²) in [4.78, 5) is 32.7. The topological polar surface area (TPSA) is 74.8 Å². The van der Waals surface area contributed by atoms with Crippen LogP contribution in [0.5, 0.6) is 5.75 Å². The molecule has 0 fully saturated rings. The molecule has 0 saturated heterocycles. The van der Waals surface area contributed by atoms with E-state index in [2.05, 4.69) is 66.4 Å². The summed E-state index contributed by atoms with van der Waals surface area (Å²) >= 11 is 4.90. The lowest BCUT2D eigenvalue weighted by Crippen LogP contribution is -2.40. The van der Waals surface area contributed by atoms with Crippen molar-refractivity contribution < 1.29 is 14.3 Å². The third-order valence-electron chi connectivity index (χ3n) is 7.37. The number of carbonyl (C=O) groups is 1. The largest absolute Gasteiger partial charge is 0.491 e. The Kier molecular flexibility index (Phi) is 7.87. The van der Waals surface area contributed by atoms with E-state index in [9.17, 15) is 9.59 Å². The van der Waals surface area contributed by atoms with E-state index in [0.717, 1.165) is 21.1 Å². The second-order valence-electron chi connectivity index (χ2n) is 10.9. The number of nitrogens with zero attached hydrogens (tertiary/aromatic N) is 3. The highest BCUT2D eigenvalue weighted by Crippen LogP contribution is 2.38. The number of aryl methyl sites for hydroxylation is 1. The first-order valence-electron chi connectivity index (χ1n) is 13.6. The number of rotatable bonds is 6. The van der Waals surface area contributed by atoms with Crippen LogP contribution in [0.25, 0.3) is 17.0 Å². The molecule has 0 spiro atoms. The van der Waals surface area contributed by atoms with Crippen molar-refractivity contribution in [2.75, 3.05) is 7.11 Å². The van der Waals surface area contributed by atoms with Crippen molar-refractivity contribution >= 4 is 50.2 Å². The number of carbonyl (C=O) groups excluding carboxylic acids is 1. The number of hydrogen-bond acceptors (Lipinski definition) is 6. The van der Waals surface area contributed by atoms with Crippen LogP contribution in [0.2, 0.25) is 0 Å². The molecule has 0 aliphatic carbocycles. The number of allylic oxidation sites excluding steroid dienone is 1. The molecule has 1 aliphatic rings. The number of para-hydroxylation sites is 1. The summed E-state index contributed by atoms with van der Waals surface area (Å²) in [6.45, 7) is 14.2. The number of ether oxygens (including phenoxy) is 2. The van der Waals surface area contributed by atoms with Crippen LogP contribution in [-0.4, -0.2) is 28.3 Å². The van der Waals surface area contributed by atoms with Gasteiger partial charge in [-0.25, -0.2) is 9.79 Å². The van der Waals surface area contributed by atoms with Crippen LogP contribution in [0.4, 0.5) is 0 Å². The molecule has 1 aliphatic heterocycles. The molecular formula is C32H34BrN3O4S. The fourth-order valence-corrected chi connectivity index (χ4v) is 7.14. The number of thiazole rings is 1. The molecule has 41 heavy (non-hydrogen) atoms. The molecule has 3 heterocycles. The minimum Gasteiger partial charge on any atom is -0.491 e. The van der Waals surface area contributed by atoms with Gasteiger partial charge in [0.2, 0.25) is 0 Å². The maximum atomic E-state index is 14.3. The molecule has 1 atom stereocenters. The van der Waals surface area contributed by atoms with Gasteiger partial charge in [0.1, 0.15) is 11.8 Å². The minimum absolute atomic E-state index is 0.109. The lowest BCUT2D eigenvalue weighted by Gasteiger charge is -2.26. The number of methoxy groups -OCH3 is 1. The van der Waals surface area contributed by atoms with Crippen molar-refractivity contribution in [3.63, 3.8) is 0 Å². The predicted molar refractivity (Wildman–Crippen MR) is 167 cm³/mol. The number of halogens is 1. The Hall–Kier alpha value is -3.43. The van der Waals surface area contributed by atoms with Crippen LogP contribution in [0, 0.1) is 13.8 Å². The zero-order valence-corrected chi connectivity index (χ0v) is 26.9. The summed E-state index contributed by atoms with van der Waals surface area (Å²) in [5.41, 5.74) is 5.73. The van der Waals surface area contributed by atoms with E-state index in [1.807, 2.05) is 38.1 Å². The second kappa shape index (κ2) is 11.1. The first-order chi connectivity index (χ1) is 19.4. The van der Waals surface area contributed by atoms with Crippen LogP contribution >= 0.6 is 27.3 Å². The van der Waals surface area contributed by atoms with Crippen LogP contribution in [-0.2, 0) is 9.53 Å². The average Bonchev–Trinajstić information content (AvgIpc) is 3.37. The Morgan fingerprint density at radius 1 is 1.12 bits per heavy atom. The normalized spacial score (nSPS) is 15.6. The lowest BCUT2D eigenvalue weighted by molar-refractivity contribution is -0.136. The summed E-state index contributed by atoms with van der Waals surface area (Å²) in [6.07, 6.45) is 1.86. The number of aromatic nitrogens is 2. The van der Waals surface area contributed by atoms with Crippen molar-refractivity contribution in [1.29, 1.82) is 0 Å².